The number of para-hydroxylation sites is 1. The number of carbonyl (C=O) groups is 3. The predicted octanol–water partition coefficient (Wildman–Crippen LogP) is 4.12. The molecule has 2 heterocycles. The van der Waals surface area contributed by atoms with Gasteiger partial charge in [-0.3, -0.25) is 25.2 Å². The number of hydrazine groups is 1. The Bertz CT molecular complexity index is 1320. The maximum Gasteiger partial charge on any atom is 0.286 e. The smallest absolute Gasteiger partial charge is 0.286 e. The van der Waals surface area contributed by atoms with E-state index in [0.29, 0.717) is 40.1 Å². The van der Waals surface area contributed by atoms with Gasteiger partial charge >= 0.3 is 0 Å². The maximum atomic E-state index is 12.9. The van der Waals surface area contributed by atoms with Gasteiger partial charge in [0.2, 0.25) is 5.91 Å². The number of nitrogens with one attached hydrogen (secondary N) is 3. The van der Waals surface area contributed by atoms with Crippen molar-refractivity contribution in [1.82, 2.24) is 21.2 Å². The highest BCUT2D eigenvalue weighted by atomic mass is 35.5. The van der Waals surface area contributed by atoms with Crippen LogP contribution in [-0.2, 0) is 4.79 Å². The molecule has 0 spiro atoms. The minimum Gasteiger partial charge on any atom is -0.459 e. The van der Waals surface area contributed by atoms with E-state index < -0.39 is 5.91 Å². The number of amides is 3. The summed E-state index contributed by atoms with van der Waals surface area (Å²) >= 11 is 5.98. The Kier molecular flexibility index (Phi) is 7.19. The number of fused-ring (bicyclic) bond motifs is 1. The molecular formula is C25H21ClN4O4. The van der Waals surface area contributed by atoms with Crippen LogP contribution in [0.3, 0.4) is 0 Å². The number of benzene rings is 2. The summed E-state index contributed by atoms with van der Waals surface area (Å²) in [5.41, 5.74) is 7.33. The number of aromatic nitrogens is 1. The molecule has 0 aliphatic rings. The van der Waals surface area contributed by atoms with Crippen molar-refractivity contribution in [1.29, 1.82) is 0 Å². The van der Waals surface area contributed by atoms with Gasteiger partial charge in [0, 0.05) is 28.9 Å². The van der Waals surface area contributed by atoms with Crippen LogP contribution in [0.4, 0.5) is 0 Å². The molecule has 0 fully saturated rings. The van der Waals surface area contributed by atoms with Crippen molar-refractivity contribution >= 4 is 40.2 Å². The molecule has 34 heavy (non-hydrogen) atoms. The maximum absolute atomic E-state index is 12.9. The second kappa shape index (κ2) is 10.6. The molecule has 4 rings (SSSR count). The van der Waals surface area contributed by atoms with Gasteiger partial charge in [0.15, 0.2) is 5.76 Å². The van der Waals surface area contributed by atoms with E-state index >= 15 is 0 Å². The Morgan fingerprint density at radius 1 is 0.912 bits per heavy atom. The van der Waals surface area contributed by atoms with Gasteiger partial charge in [-0.15, -0.1) is 0 Å². The topological polar surface area (TPSA) is 113 Å². The number of furan rings is 1. The normalized spacial score (nSPS) is 10.6. The zero-order chi connectivity index (χ0) is 23.9. The summed E-state index contributed by atoms with van der Waals surface area (Å²) in [4.78, 5) is 41.5. The molecule has 2 aromatic carbocycles. The van der Waals surface area contributed by atoms with E-state index in [1.807, 2.05) is 30.3 Å². The van der Waals surface area contributed by atoms with Crippen LogP contribution in [0.1, 0.15) is 33.8 Å². The summed E-state index contributed by atoms with van der Waals surface area (Å²) in [6.07, 6.45) is 1.92. The van der Waals surface area contributed by atoms with Gasteiger partial charge < -0.3 is 9.73 Å². The molecule has 3 amide bonds. The van der Waals surface area contributed by atoms with Crippen molar-refractivity contribution in [3.63, 3.8) is 0 Å². The zero-order valence-corrected chi connectivity index (χ0v) is 18.8. The fourth-order valence-electron chi connectivity index (χ4n) is 3.33. The molecule has 0 unspecified atom stereocenters. The number of pyridine rings is 1. The van der Waals surface area contributed by atoms with Gasteiger partial charge in [0.1, 0.15) is 0 Å². The number of hydrogen-bond acceptors (Lipinski definition) is 5. The monoisotopic (exact) mass is 476 g/mol. The highest BCUT2D eigenvalue weighted by Crippen LogP contribution is 2.25. The third kappa shape index (κ3) is 5.60. The quantitative estimate of drug-likeness (QED) is 0.274. The average Bonchev–Trinajstić information content (AvgIpc) is 3.40. The molecule has 8 nitrogen and oxygen atoms in total. The molecule has 0 saturated heterocycles. The Labute approximate surface area is 200 Å². The summed E-state index contributed by atoms with van der Waals surface area (Å²) in [6, 6.07) is 19.3. The molecule has 172 valence electrons. The molecule has 4 aromatic rings. The molecule has 9 heteroatoms. The fourth-order valence-corrected chi connectivity index (χ4v) is 3.46. The predicted molar refractivity (Wildman–Crippen MR) is 128 cm³/mol. The van der Waals surface area contributed by atoms with Crippen molar-refractivity contribution in [3.8, 4) is 11.3 Å². The number of nitrogens with zero attached hydrogens (tertiary/aromatic N) is 1. The Balaban J connectivity index is 1.37. The standard InChI is InChI=1S/C25H21ClN4O4/c26-17-11-9-16(10-12-17)21-15-19(18-5-1-2-6-20(18)28-21)24(32)30-29-23(31)8-3-13-27-25(33)22-7-4-14-34-22/h1-2,4-7,9-12,14-15H,3,8,13H2,(H,27,33)(H,29,31)(H,30,32). The lowest BCUT2D eigenvalue weighted by molar-refractivity contribution is -0.121. The number of halogens is 1. The SMILES string of the molecule is O=C(CCCNC(=O)c1ccco1)NNC(=O)c1cc(-c2ccc(Cl)cc2)nc2ccccc12. The van der Waals surface area contributed by atoms with Crippen LogP contribution in [0.2, 0.25) is 5.02 Å². The molecule has 0 aliphatic carbocycles. The molecule has 3 N–H and O–H groups in total. The van der Waals surface area contributed by atoms with Gasteiger partial charge in [0.05, 0.1) is 23.0 Å². The van der Waals surface area contributed by atoms with Crippen LogP contribution in [0.25, 0.3) is 22.2 Å². The van der Waals surface area contributed by atoms with Gasteiger partial charge in [-0.25, -0.2) is 4.98 Å². The largest absolute Gasteiger partial charge is 0.459 e. The highest BCUT2D eigenvalue weighted by Gasteiger charge is 2.15. The first kappa shape index (κ1) is 23.0. The van der Waals surface area contributed by atoms with Crippen LogP contribution in [-0.4, -0.2) is 29.3 Å². The van der Waals surface area contributed by atoms with Crippen molar-refractivity contribution in [3.05, 3.63) is 89.3 Å². The molecule has 0 atom stereocenters. The Morgan fingerprint density at radius 3 is 2.47 bits per heavy atom. The molecule has 0 saturated carbocycles. The third-order valence-electron chi connectivity index (χ3n) is 5.03. The van der Waals surface area contributed by atoms with Crippen LogP contribution in [0.15, 0.2) is 77.4 Å². The highest BCUT2D eigenvalue weighted by molar-refractivity contribution is 6.30. The summed E-state index contributed by atoms with van der Waals surface area (Å²) in [6.45, 7) is 0.292. The van der Waals surface area contributed by atoms with Crippen LogP contribution >= 0.6 is 11.6 Å². The second-order valence-electron chi connectivity index (χ2n) is 7.42. The lowest BCUT2D eigenvalue weighted by Crippen LogP contribution is -2.42. The number of carbonyl (C=O) groups excluding carboxylic acids is 3. The Morgan fingerprint density at radius 2 is 1.71 bits per heavy atom. The van der Waals surface area contributed by atoms with E-state index in [2.05, 4.69) is 21.2 Å². The summed E-state index contributed by atoms with van der Waals surface area (Å²) in [5, 5.41) is 3.92. The van der Waals surface area contributed by atoms with E-state index in [9.17, 15) is 14.4 Å². The van der Waals surface area contributed by atoms with Gasteiger partial charge in [0.25, 0.3) is 11.8 Å². The van der Waals surface area contributed by atoms with E-state index in [4.69, 9.17) is 16.0 Å². The van der Waals surface area contributed by atoms with Gasteiger partial charge in [-0.2, -0.15) is 0 Å². The number of hydrogen-bond donors (Lipinski definition) is 3. The first-order valence-electron chi connectivity index (χ1n) is 10.6. The minimum atomic E-state index is -0.465. The zero-order valence-electron chi connectivity index (χ0n) is 18.0. The second-order valence-corrected chi connectivity index (χ2v) is 7.85. The van der Waals surface area contributed by atoms with E-state index in [1.54, 1.807) is 36.4 Å². The first-order valence-corrected chi connectivity index (χ1v) is 11.0. The summed E-state index contributed by atoms with van der Waals surface area (Å²) in [5.74, 6) is -0.982. The Hall–Kier alpha value is -4.17. The van der Waals surface area contributed by atoms with Crippen LogP contribution in [0.5, 0.6) is 0 Å². The van der Waals surface area contributed by atoms with Gasteiger partial charge in [-0.1, -0.05) is 41.9 Å². The van der Waals surface area contributed by atoms with E-state index in [0.717, 1.165) is 5.56 Å². The molecule has 0 radical (unpaired) electrons. The molecule has 2 aromatic heterocycles. The molecule has 0 bridgehead atoms. The van der Waals surface area contributed by atoms with Gasteiger partial charge in [-0.05, 0) is 42.8 Å². The summed E-state index contributed by atoms with van der Waals surface area (Å²) < 4.78 is 5.00. The molecular weight excluding hydrogens is 456 g/mol. The van der Waals surface area contributed by atoms with E-state index in [-0.39, 0.29) is 24.0 Å². The average molecular weight is 477 g/mol. The van der Waals surface area contributed by atoms with Crippen molar-refractivity contribution in [2.45, 2.75) is 12.8 Å². The molecule has 0 aliphatic heterocycles. The summed E-state index contributed by atoms with van der Waals surface area (Å²) in [7, 11) is 0. The van der Waals surface area contributed by atoms with Crippen molar-refractivity contribution < 1.29 is 18.8 Å². The lowest BCUT2D eigenvalue weighted by atomic mass is 10.0. The van der Waals surface area contributed by atoms with Crippen molar-refractivity contribution in [2.24, 2.45) is 0 Å². The lowest BCUT2D eigenvalue weighted by Gasteiger charge is -2.11. The minimum absolute atomic E-state index is 0.117. The van der Waals surface area contributed by atoms with Crippen LogP contribution in [0, 0.1) is 0 Å². The van der Waals surface area contributed by atoms with Crippen molar-refractivity contribution in [2.75, 3.05) is 6.54 Å². The first-order chi connectivity index (χ1) is 16.5. The van der Waals surface area contributed by atoms with Crippen LogP contribution < -0.4 is 16.2 Å². The third-order valence-corrected chi connectivity index (χ3v) is 5.28. The number of rotatable bonds is 7. The fraction of sp³-hybridized carbons (Fsp3) is 0.120. The van der Waals surface area contributed by atoms with E-state index in [1.165, 1.54) is 6.26 Å².